The van der Waals surface area contributed by atoms with Gasteiger partial charge in [-0.3, -0.25) is 0 Å². The number of aromatic hydroxyl groups is 1. The molecule has 112 valence electrons. The van der Waals surface area contributed by atoms with Crippen LogP contribution >= 0.6 is 23.1 Å². The predicted octanol–water partition coefficient (Wildman–Crippen LogP) is 3.04. The van der Waals surface area contributed by atoms with Gasteiger partial charge in [-0.2, -0.15) is 0 Å². The van der Waals surface area contributed by atoms with E-state index in [9.17, 15) is 5.11 Å². The first-order chi connectivity index (χ1) is 10.7. The summed E-state index contributed by atoms with van der Waals surface area (Å²) in [6.45, 7) is 0. The van der Waals surface area contributed by atoms with Crippen molar-refractivity contribution in [2.75, 3.05) is 13.4 Å². The number of phenols is 1. The number of fused-ring (bicyclic) bond motifs is 2. The number of imidazole rings is 1. The van der Waals surface area contributed by atoms with E-state index in [4.69, 9.17) is 9.15 Å². The number of methoxy groups -OCH3 is 1. The molecule has 22 heavy (non-hydrogen) atoms. The van der Waals surface area contributed by atoms with Gasteiger partial charge in [0, 0.05) is 12.1 Å². The van der Waals surface area contributed by atoms with Crippen LogP contribution in [0.25, 0.3) is 27.6 Å². The molecule has 4 rings (SSSR count). The molecule has 1 aromatic carbocycles. The molecule has 1 N–H and O–H groups in total. The number of benzene rings is 1. The molecule has 0 spiro atoms. The van der Waals surface area contributed by atoms with Crippen molar-refractivity contribution in [3.8, 4) is 23.1 Å². The smallest absolute Gasteiger partial charge is 0.248 e. The molecule has 3 aromatic heterocycles. The zero-order valence-corrected chi connectivity index (χ0v) is 13.2. The molecule has 9 heteroatoms. The van der Waals surface area contributed by atoms with Gasteiger partial charge in [0.25, 0.3) is 0 Å². The fourth-order valence-corrected chi connectivity index (χ4v) is 3.42. The first kappa shape index (κ1) is 13.4. The van der Waals surface area contributed by atoms with Crippen LogP contribution in [0.15, 0.2) is 27.1 Å². The van der Waals surface area contributed by atoms with Gasteiger partial charge in [0.1, 0.15) is 17.2 Å². The summed E-state index contributed by atoms with van der Waals surface area (Å²) in [5.74, 6) is 0.847. The van der Waals surface area contributed by atoms with E-state index in [0.29, 0.717) is 28.4 Å². The molecule has 0 saturated heterocycles. The van der Waals surface area contributed by atoms with Gasteiger partial charge >= 0.3 is 0 Å². The molecule has 0 amide bonds. The van der Waals surface area contributed by atoms with E-state index >= 15 is 0 Å². The van der Waals surface area contributed by atoms with Crippen molar-refractivity contribution in [3.63, 3.8) is 0 Å². The zero-order chi connectivity index (χ0) is 15.3. The molecule has 0 unspecified atom stereocenters. The lowest BCUT2D eigenvalue weighted by atomic mass is 10.3. The quantitative estimate of drug-likeness (QED) is 0.576. The van der Waals surface area contributed by atoms with Gasteiger partial charge < -0.3 is 14.3 Å². The van der Waals surface area contributed by atoms with Crippen molar-refractivity contribution >= 4 is 39.2 Å². The average molecular weight is 334 g/mol. The minimum absolute atomic E-state index is 0.00756. The lowest BCUT2D eigenvalue weighted by Crippen LogP contribution is -1.82. The average Bonchev–Trinajstić information content (AvgIpc) is 3.18. The van der Waals surface area contributed by atoms with E-state index in [1.165, 1.54) is 24.5 Å². The third-order valence-electron chi connectivity index (χ3n) is 3.10. The largest absolute Gasteiger partial charge is 0.505 e. The molecule has 3 heterocycles. The lowest BCUT2D eigenvalue weighted by molar-refractivity contribution is 0.408. The maximum Gasteiger partial charge on any atom is 0.248 e. The van der Waals surface area contributed by atoms with Crippen LogP contribution in [0.5, 0.6) is 11.5 Å². The van der Waals surface area contributed by atoms with E-state index < -0.39 is 0 Å². The van der Waals surface area contributed by atoms with Crippen LogP contribution < -0.4 is 4.74 Å². The second-order valence-electron chi connectivity index (χ2n) is 4.44. The molecule has 0 radical (unpaired) electrons. The number of nitrogens with zero attached hydrogens (tertiary/aromatic N) is 4. The van der Waals surface area contributed by atoms with Crippen molar-refractivity contribution in [2.45, 2.75) is 4.34 Å². The van der Waals surface area contributed by atoms with E-state index in [1.54, 1.807) is 28.5 Å². The van der Waals surface area contributed by atoms with E-state index in [0.717, 1.165) is 9.30 Å². The van der Waals surface area contributed by atoms with E-state index in [1.807, 2.05) is 6.26 Å². The third-order valence-corrected chi connectivity index (χ3v) is 5.00. The summed E-state index contributed by atoms with van der Waals surface area (Å²) in [6, 6.07) is 3.17. The second-order valence-corrected chi connectivity index (χ2v) is 6.45. The number of aromatic nitrogens is 4. The minimum Gasteiger partial charge on any atom is -0.505 e. The van der Waals surface area contributed by atoms with Crippen LogP contribution in [-0.2, 0) is 0 Å². The predicted molar refractivity (Wildman–Crippen MR) is 83.9 cm³/mol. The van der Waals surface area contributed by atoms with Crippen molar-refractivity contribution in [2.24, 2.45) is 0 Å². The second kappa shape index (κ2) is 4.89. The fourth-order valence-electron chi connectivity index (χ4n) is 2.08. The van der Waals surface area contributed by atoms with Gasteiger partial charge in [-0.1, -0.05) is 23.1 Å². The highest BCUT2D eigenvalue weighted by molar-refractivity contribution is 8.00. The Hall–Kier alpha value is -2.26. The van der Waals surface area contributed by atoms with Crippen LogP contribution in [-0.4, -0.2) is 38.1 Å². The summed E-state index contributed by atoms with van der Waals surface area (Å²) in [4.78, 5) is 9.52. The molecule has 0 saturated carbocycles. The van der Waals surface area contributed by atoms with Gasteiger partial charge in [-0.25, -0.2) is 14.5 Å². The van der Waals surface area contributed by atoms with E-state index in [2.05, 4.69) is 15.1 Å². The Kier molecular flexibility index (Phi) is 2.98. The first-order valence-corrected chi connectivity index (χ1v) is 8.30. The Labute approximate surface area is 132 Å². The topological polar surface area (TPSA) is 85.7 Å². The normalized spacial score (nSPS) is 11.5. The molecule has 7 nitrogen and oxygen atoms in total. The maximum absolute atomic E-state index is 9.97. The molecular weight excluding hydrogens is 324 g/mol. The summed E-state index contributed by atoms with van der Waals surface area (Å²) in [6.07, 6.45) is 3.72. The molecule has 0 bridgehead atoms. The molecule has 0 aliphatic carbocycles. The van der Waals surface area contributed by atoms with Crippen LogP contribution in [0.4, 0.5) is 0 Å². The standard InChI is InChI=1S/C13H10N4O3S2/c1-19-6-3-8(18)10-9(4-6)20-11(15-10)7-5-17-12(14-7)22-13(16-17)21-2/h3-5,18H,1-2H3. The third kappa shape index (κ3) is 2.01. The fraction of sp³-hybridized carbons (Fsp3) is 0.154. The Bertz CT molecular complexity index is 957. The molecule has 0 fully saturated rings. The summed E-state index contributed by atoms with van der Waals surface area (Å²) >= 11 is 3.07. The number of hydrogen-bond donors (Lipinski definition) is 1. The highest BCUT2D eigenvalue weighted by atomic mass is 32.2. The van der Waals surface area contributed by atoms with Crippen molar-refractivity contribution < 1.29 is 14.3 Å². The summed E-state index contributed by atoms with van der Waals surface area (Å²) in [7, 11) is 1.52. The highest BCUT2D eigenvalue weighted by Gasteiger charge is 2.17. The zero-order valence-electron chi connectivity index (χ0n) is 11.6. The summed E-state index contributed by atoms with van der Waals surface area (Å²) in [5.41, 5.74) is 1.40. The molecule has 0 atom stereocenters. The van der Waals surface area contributed by atoms with Gasteiger partial charge in [-0.15, -0.1) is 5.10 Å². The number of rotatable bonds is 3. The SMILES string of the molecule is COc1cc(O)c2nc(-c3cn4nc(SC)sc4n3)oc2c1. The molecule has 0 aliphatic heterocycles. The highest BCUT2D eigenvalue weighted by Crippen LogP contribution is 2.33. The Balaban J connectivity index is 1.84. The number of oxazole rings is 1. The Morgan fingerprint density at radius 2 is 2.23 bits per heavy atom. The Morgan fingerprint density at radius 3 is 2.95 bits per heavy atom. The van der Waals surface area contributed by atoms with Crippen molar-refractivity contribution in [1.29, 1.82) is 0 Å². The van der Waals surface area contributed by atoms with Crippen LogP contribution in [0.3, 0.4) is 0 Å². The number of phenolic OH excluding ortho intramolecular Hbond substituents is 1. The number of ether oxygens (including phenoxy) is 1. The van der Waals surface area contributed by atoms with Crippen LogP contribution in [0.1, 0.15) is 0 Å². The van der Waals surface area contributed by atoms with Crippen molar-refractivity contribution in [3.05, 3.63) is 18.3 Å². The lowest BCUT2D eigenvalue weighted by Gasteiger charge is -1.98. The first-order valence-electron chi connectivity index (χ1n) is 6.26. The van der Waals surface area contributed by atoms with Gasteiger partial charge in [0.2, 0.25) is 10.9 Å². The van der Waals surface area contributed by atoms with Crippen LogP contribution in [0.2, 0.25) is 0 Å². The number of thioether (sulfide) groups is 1. The molecule has 0 aliphatic rings. The van der Waals surface area contributed by atoms with Gasteiger partial charge in [0.05, 0.1) is 13.3 Å². The maximum atomic E-state index is 9.97. The summed E-state index contributed by atoms with van der Waals surface area (Å²) in [5, 5.41) is 14.3. The molecular formula is C13H10N4O3S2. The minimum atomic E-state index is 0.00756. The Morgan fingerprint density at radius 1 is 1.36 bits per heavy atom. The monoisotopic (exact) mass is 334 g/mol. The van der Waals surface area contributed by atoms with Gasteiger partial charge in [-0.05, 0) is 6.26 Å². The van der Waals surface area contributed by atoms with Crippen molar-refractivity contribution in [1.82, 2.24) is 19.6 Å². The van der Waals surface area contributed by atoms with Crippen LogP contribution in [0, 0.1) is 0 Å². The van der Waals surface area contributed by atoms with Gasteiger partial charge in [0.15, 0.2) is 15.4 Å². The summed E-state index contributed by atoms with van der Waals surface area (Å²) < 4.78 is 13.4. The van der Waals surface area contributed by atoms with E-state index in [-0.39, 0.29) is 5.75 Å². The number of hydrogen-bond acceptors (Lipinski definition) is 8. The molecule has 4 aromatic rings.